The molecule has 0 saturated heterocycles. The minimum atomic E-state index is -4.51. The Labute approximate surface area is 300 Å². The number of hydrogen-bond acceptors (Lipinski definition) is 8. The molecule has 9 nitrogen and oxygen atoms in total. The van der Waals surface area contributed by atoms with Crippen molar-refractivity contribution in [1.29, 1.82) is 0 Å². The van der Waals surface area contributed by atoms with E-state index in [1.54, 1.807) is 0 Å². The van der Waals surface area contributed by atoms with Crippen LogP contribution < -0.4 is 0 Å². The molecular formula is C39H77O9P. The highest BCUT2D eigenvalue weighted by Crippen LogP contribution is 2.43. The molecule has 0 saturated carbocycles. The van der Waals surface area contributed by atoms with Gasteiger partial charge in [0, 0.05) is 13.0 Å². The topological polar surface area (TPSA) is 132 Å². The zero-order valence-corrected chi connectivity index (χ0v) is 32.6. The summed E-state index contributed by atoms with van der Waals surface area (Å²) in [6.45, 7) is 3.52. The minimum Gasteiger partial charge on any atom is -0.457 e. The predicted molar refractivity (Wildman–Crippen MR) is 201 cm³/mol. The Morgan fingerprint density at radius 3 is 1.53 bits per heavy atom. The van der Waals surface area contributed by atoms with Gasteiger partial charge in [0.15, 0.2) is 0 Å². The van der Waals surface area contributed by atoms with E-state index in [0.717, 1.165) is 44.9 Å². The summed E-state index contributed by atoms with van der Waals surface area (Å²) in [5.41, 5.74) is 0. The van der Waals surface area contributed by atoms with E-state index in [-0.39, 0.29) is 25.6 Å². The summed E-state index contributed by atoms with van der Waals surface area (Å²) in [6.07, 6.45) is 34.5. The van der Waals surface area contributed by atoms with E-state index in [9.17, 15) is 19.4 Å². The molecule has 49 heavy (non-hydrogen) atoms. The Hall–Kier alpha value is -0.800. The number of ether oxygens (including phenoxy) is 2. The lowest BCUT2D eigenvalue weighted by molar-refractivity contribution is -0.154. The van der Waals surface area contributed by atoms with Crippen LogP contribution in [0.15, 0.2) is 12.2 Å². The molecule has 0 rings (SSSR count). The monoisotopic (exact) mass is 721 g/mol. The first kappa shape index (κ1) is 48.2. The SMILES string of the molecule is CCCCCCCC/C=C\CCCCCCCCCC(=O)OC(COCCCCCCCCCCCCC)COP(=O)(O)OCC(O)CO. The highest BCUT2D eigenvalue weighted by atomic mass is 31.2. The minimum absolute atomic E-state index is 0.0526. The molecule has 0 aromatic heterocycles. The second kappa shape index (κ2) is 37.0. The Bertz CT molecular complexity index is 780. The number of carbonyl (C=O) groups is 1. The highest BCUT2D eigenvalue weighted by molar-refractivity contribution is 7.47. The summed E-state index contributed by atoms with van der Waals surface area (Å²) in [6, 6.07) is 0. The second-order valence-corrected chi connectivity index (χ2v) is 15.1. The van der Waals surface area contributed by atoms with Gasteiger partial charge in [0.05, 0.1) is 26.4 Å². The molecule has 0 fully saturated rings. The normalized spacial score (nSPS) is 14.3. The summed E-state index contributed by atoms with van der Waals surface area (Å²) >= 11 is 0. The van der Waals surface area contributed by atoms with Crippen LogP contribution in [0.4, 0.5) is 0 Å². The fourth-order valence-corrected chi connectivity index (χ4v) is 6.37. The van der Waals surface area contributed by atoms with Gasteiger partial charge in [-0.1, -0.05) is 154 Å². The van der Waals surface area contributed by atoms with E-state index in [4.69, 9.17) is 23.6 Å². The Morgan fingerprint density at radius 1 is 0.612 bits per heavy atom. The van der Waals surface area contributed by atoms with Gasteiger partial charge in [-0.2, -0.15) is 0 Å². The third kappa shape index (κ3) is 36.8. The maximum Gasteiger partial charge on any atom is 0.472 e. The smallest absolute Gasteiger partial charge is 0.457 e. The van der Waals surface area contributed by atoms with E-state index in [1.807, 2.05) is 0 Å². The summed E-state index contributed by atoms with van der Waals surface area (Å²) in [5.74, 6) is -0.385. The molecule has 0 amide bonds. The molecule has 0 aliphatic rings. The van der Waals surface area contributed by atoms with Gasteiger partial charge in [0.1, 0.15) is 12.2 Å². The van der Waals surface area contributed by atoms with Crippen LogP contribution in [0.2, 0.25) is 0 Å². The summed E-state index contributed by atoms with van der Waals surface area (Å²) in [4.78, 5) is 22.5. The van der Waals surface area contributed by atoms with Gasteiger partial charge in [-0.15, -0.1) is 0 Å². The van der Waals surface area contributed by atoms with Crippen molar-refractivity contribution in [3.05, 3.63) is 12.2 Å². The van der Waals surface area contributed by atoms with Gasteiger partial charge in [-0.25, -0.2) is 4.57 Å². The molecule has 292 valence electrons. The molecule has 0 aromatic carbocycles. The van der Waals surface area contributed by atoms with Gasteiger partial charge < -0.3 is 24.6 Å². The standard InChI is InChI=1S/C39H77O9P/c1-3-5-7-9-11-13-15-16-17-18-19-20-21-23-25-27-29-31-39(42)48-38(36-47-49(43,44)46-34-37(41)33-40)35-45-32-30-28-26-24-22-14-12-10-8-6-4-2/h16-17,37-38,40-41H,3-15,18-36H2,1-2H3,(H,43,44)/b17-16-. The second-order valence-electron chi connectivity index (χ2n) is 13.7. The van der Waals surface area contributed by atoms with Crippen molar-refractivity contribution >= 4 is 13.8 Å². The lowest BCUT2D eigenvalue weighted by atomic mass is 10.1. The number of carbonyl (C=O) groups excluding carboxylic acids is 1. The predicted octanol–water partition coefficient (Wildman–Crippen LogP) is 10.5. The Kier molecular flexibility index (Phi) is 36.4. The third-order valence-corrected chi connectivity index (χ3v) is 9.65. The fraction of sp³-hybridized carbons (Fsp3) is 0.923. The maximum atomic E-state index is 12.6. The zero-order valence-electron chi connectivity index (χ0n) is 31.7. The highest BCUT2D eigenvalue weighted by Gasteiger charge is 2.26. The van der Waals surface area contributed by atoms with Crippen molar-refractivity contribution in [3.63, 3.8) is 0 Å². The maximum absolute atomic E-state index is 12.6. The number of hydrogen-bond donors (Lipinski definition) is 3. The molecule has 3 N–H and O–H groups in total. The summed E-state index contributed by atoms with van der Waals surface area (Å²) in [5, 5.41) is 18.3. The molecule has 0 radical (unpaired) electrons. The average molecular weight is 721 g/mol. The van der Waals surface area contributed by atoms with Crippen molar-refractivity contribution in [2.24, 2.45) is 0 Å². The van der Waals surface area contributed by atoms with E-state index < -0.39 is 33.2 Å². The third-order valence-electron chi connectivity index (χ3n) is 8.70. The molecule has 0 aliphatic heterocycles. The molecule has 0 aromatic rings. The van der Waals surface area contributed by atoms with Gasteiger partial charge in [0.25, 0.3) is 0 Å². The first-order valence-corrected chi connectivity index (χ1v) is 21.7. The van der Waals surface area contributed by atoms with Crippen molar-refractivity contribution in [2.75, 3.05) is 33.0 Å². The van der Waals surface area contributed by atoms with Crippen LogP contribution in [0.5, 0.6) is 0 Å². The van der Waals surface area contributed by atoms with E-state index in [1.165, 1.54) is 122 Å². The molecule has 10 heteroatoms. The zero-order chi connectivity index (χ0) is 36.1. The largest absolute Gasteiger partial charge is 0.472 e. The van der Waals surface area contributed by atoms with Crippen LogP contribution >= 0.6 is 7.82 Å². The van der Waals surface area contributed by atoms with Crippen LogP contribution in [0.3, 0.4) is 0 Å². The van der Waals surface area contributed by atoms with Crippen molar-refractivity contribution in [3.8, 4) is 0 Å². The van der Waals surface area contributed by atoms with E-state index >= 15 is 0 Å². The lowest BCUT2D eigenvalue weighted by Crippen LogP contribution is -2.29. The van der Waals surface area contributed by atoms with Crippen LogP contribution in [-0.2, 0) is 27.9 Å². The first-order valence-electron chi connectivity index (χ1n) is 20.2. The van der Waals surface area contributed by atoms with Gasteiger partial charge >= 0.3 is 13.8 Å². The van der Waals surface area contributed by atoms with Crippen LogP contribution in [0, 0.1) is 0 Å². The Balaban J connectivity index is 4.17. The molecule has 3 atom stereocenters. The van der Waals surface area contributed by atoms with Gasteiger partial charge in [0.2, 0.25) is 0 Å². The number of esters is 1. The number of unbranched alkanes of at least 4 members (excludes halogenated alkanes) is 23. The number of aliphatic hydroxyl groups is 2. The molecule has 0 heterocycles. The van der Waals surface area contributed by atoms with E-state index in [0.29, 0.717) is 6.61 Å². The quantitative estimate of drug-likeness (QED) is 0.0246. The van der Waals surface area contributed by atoms with Crippen molar-refractivity contribution in [2.45, 2.75) is 199 Å². The first-order chi connectivity index (χ1) is 23.8. The van der Waals surface area contributed by atoms with Crippen molar-refractivity contribution < 1.29 is 43.0 Å². The van der Waals surface area contributed by atoms with Crippen LogP contribution in [0.1, 0.15) is 187 Å². The van der Waals surface area contributed by atoms with Gasteiger partial charge in [-0.05, 0) is 38.5 Å². The molecule has 0 spiro atoms. The van der Waals surface area contributed by atoms with Crippen LogP contribution in [-0.4, -0.2) is 66.3 Å². The summed E-state index contributed by atoms with van der Waals surface area (Å²) < 4.78 is 33.2. The number of rotatable bonds is 39. The van der Waals surface area contributed by atoms with Crippen molar-refractivity contribution in [1.82, 2.24) is 0 Å². The Morgan fingerprint density at radius 2 is 1.04 bits per heavy atom. The molecule has 0 aliphatic carbocycles. The van der Waals surface area contributed by atoms with Crippen LogP contribution in [0.25, 0.3) is 0 Å². The fourth-order valence-electron chi connectivity index (χ4n) is 5.59. The average Bonchev–Trinajstić information content (AvgIpc) is 3.09. The summed E-state index contributed by atoms with van der Waals surface area (Å²) in [7, 11) is -4.51. The number of phosphoric ester groups is 1. The lowest BCUT2D eigenvalue weighted by Gasteiger charge is -2.20. The molecular weight excluding hydrogens is 643 g/mol. The number of phosphoric acid groups is 1. The van der Waals surface area contributed by atoms with E-state index in [2.05, 4.69) is 26.0 Å². The van der Waals surface area contributed by atoms with Gasteiger partial charge in [-0.3, -0.25) is 13.8 Å². The number of allylic oxidation sites excluding steroid dienone is 2. The molecule has 0 bridgehead atoms. The number of aliphatic hydroxyl groups excluding tert-OH is 2. The molecule has 3 unspecified atom stereocenters.